The number of nitrogens with zero attached hydrogens (tertiary/aromatic N) is 6. The van der Waals surface area contributed by atoms with E-state index < -0.39 is 22.9 Å². The summed E-state index contributed by atoms with van der Waals surface area (Å²) >= 11 is 0. The lowest BCUT2D eigenvalue weighted by molar-refractivity contribution is 0.0499. The van der Waals surface area contributed by atoms with E-state index in [1.807, 2.05) is 72.7 Å². The first-order chi connectivity index (χ1) is 20.6. The van der Waals surface area contributed by atoms with Gasteiger partial charge in [-0.15, -0.1) is 0 Å². The number of rotatable bonds is 7. The fraction of sp³-hybridized carbons (Fsp3) is 0.406. The van der Waals surface area contributed by atoms with Gasteiger partial charge in [-0.05, 0) is 57.2 Å². The number of ether oxygens (including phenoxy) is 1. The van der Waals surface area contributed by atoms with Gasteiger partial charge in [0, 0.05) is 32.7 Å². The second-order valence-electron chi connectivity index (χ2n) is 11.9. The number of hydrogen-bond donors (Lipinski definition) is 1. The van der Waals surface area contributed by atoms with E-state index in [-0.39, 0.29) is 24.8 Å². The number of aromatic nitrogens is 4. The molecule has 1 saturated heterocycles. The molecule has 1 amide bonds. The highest BCUT2D eigenvalue weighted by atomic mass is 16.6. The summed E-state index contributed by atoms with van der Waals surface area (Å²) in [6.45, 7) is 6.97. The maximum Gasteiger partial charge on any atom is 0.407 e. The van der Waals surface area contributed by atoms with E-state index in [1.165, 1.54) is 9.13 Å². The first kappa shape index (κ1) is 29.6. The van der Waals surface area contributed by atoms with E-state index >= 15 is 0 Å². The van der Waals surface area contributed by atoms with Gasteiger partial charge < -0.3 is 15.0 Å². The number of benzene rings is 2. The molecule has 1 fully saturated rings. The summed E-state index contributed by atoms with van der Waals surface area (Å²) in [5.74, 6) is 0.506. The van der Waals surface area contributed by atoms with Crippen LogP contribution >= 0.6 is 0 Å². The highest BCUT2D eigenvalue weighted by molar-refractivity contribution is 5.75. The molecule has 1 unspecified atom stereocenters. The van der Waals surface area contributed by atoms with Gasteiger partial charge in [0.05, 0.1) is 18.2 Å². The number of amides is 1. The third-order valence-electron chi connectivity index (χ3n) is 7.57. The number of piperidine rings is 1. The van der Waals surface area contributed by atoms with Gasteiger partial charge in [-0.3, -0.25) is 18.5 Å². The van der Waals surface area contributed by atoms with Crippen molar-refractivity contribution in [1.82, 2.24) is 24.0 Å². The average molecular weight is 584 g/mol. The summed E-state index contributed by atoms with van der Waals surface area (Å²) in [6, 6.07) is 19.0. The van der Waals surface area contributed by atoms with Crippen LogP contribution in [0.5, 0.6) is 0 Å². The van der Waals surface area contributed by atoms with Gasteiger partial charge >= 0.3 is 11.8 Å². The molecule has 3 heterocycles. The van der Waals surface area contributed by atoms with E-state index in [9.17, 15) is 19.6 Å². The number of anilines is 1. The van der Waals surface area contributed by atoms with Crippen LogP contribution in [0, 0.1) is 11.3 Å². The van der Waals surface area contributed by atoms with Gasteiger partial charge in [-0.2, -0.15) is 10.2 Å². The van der Waals surface area contributed by atoms with E-state index in [1.54, 1.807) is 19.2 Å². The van der Waals surface area contributed by atoms with Crippen molar-refractivity contribution in [3.05, 3.63) is 92.1 Å². The number of carbonyl (C=O) groups is 1. The van der Waals surface area contributed by atoms with E-state index in [2.05, 4.69) is 11.4 Å². The third-order valence-corrected chi connectivity index (χ3v) is 7.57. The van der Waals surface area contributed by atoms with E-state index in [4.69, 9.17) is 9.72 Å². The summed E-state index contributed by atoms with van der Waals surface area (Å²) in [5, 5.41) is 12.8. The van der Waals surface area contributed by atoms with Gasteiger partial charge in [0.2, 0.25) is 5.95 Å². The van der Waals surface area contributed by atoms with Crippen LogP contribution in [0.1, 0.15) is 50.3 Å². The van der Waals surface area contributed by atoms with Crippen molar-refractivity contribution in [2.75, 3.05) is 18.0 Å². The van der Waals surface area contributed by atoms with Crippen molar-refractivity contribution in [3.8, 4) is 6.07 Å². The minimum atomic E-state index is -0.619. The molecule has 1 aliphatic heterocycles. The van der Waals surface area contributed by atoms with Crippen LogP contribution < -0.4 is 21.5 Å². The normalized spacial score (nSPS) is 15.3. The summed E-state index contributed by atoms with van der Waals surface area (Å²) in [5.41, 5.74) is 1.32. The molecule has 224 valence electrons. The van der Waals surface area contributed by atoms with Crippen molar-refractivity contribution in [3.63, 3.8) is 0 Å². The Labute approximate surface area is 249 Å². The zero-order chi connectivity index (χ0) is 30.7. The quantitative estimate of drug-likeness (QED) is 0.353. The fourth-order valence-electron chi connectivity index (χ4n) is 5.52. The average Bonchev–Trinajstić information content (AvgIpc) is 3.35. The number of hydrogen-bond acceptors (Lipinski definition) is 7. The largest absolute Gasteiger partial charge is 0.444 e. The van der Waals surface area contributed by atoms with Crippen molar-refractivity contribution >= 4 is 23.2 Å². The predicted octanol–water partition coefficient (Wildman–Crippen LogP) is 3.55. The second-order valence-corrected chi connectivity index (χ2v) is 11.9. The Morgan fingerprint density at radius 2 is 1.81 bits per heavy atom. The highest BCUT2D eigenvalue weighted by Gasteiger charge is 2.29. The zero-order valence-corrected chi connectivity index (χ0v) is 25.0. The molecule has 0 bridgehead atoms. The molecular weight excluding hydrogens is 546 g/mol. The number of nitrogens with one attached hydrogen (secondary N) is 1. The molecule has 4 aromatic rings. The Morgan fingerprint density at radius 1 is 1.09 bits per heavy atom. The standard InChI is InChI=1S/C32H37N7O4/c1-32(2,3)43-30(41)34-25-15-10-17-37(21-25)29-35-27-26(39(29)20-24-14-9-8-13-23(24)19-33)28(40)38(31(42)36(27)4)18-16-22-11-6-5-7-12-22/h5-9,11-14,25H,10,15-18,20-21H2,1-4H3,(H,34,41). The minimum absolute atomic E-state index is 0.199. The molecule has 0 aliphatic carbocycles. The van der Waals surface area contributed by atoms with Crippen molar-refractivity contribution in [1.29, 1.82) is 5.26 Å². The molecule has 1 atom stereocenters. The number of fused-ring (bicyclic) bond motifs is 1. The van der Waals surface area contributed by atoms with Gasteiger partial charge in [-0.25, -0.2) is 9.59 Å². The number of carbonyl (C=O) groups excluding carboxylic acids is 1. The lowest BCUT2D eigenvalue weighted by Gasteiger charge is -2.34. The van der Waals surface area contributed by atoms with Crippen LogP contribution in [-0.4, -0.2) is 49.5 Å². The van der Waals surface area contributed by atoms with E-state index in [0.717, 1.165) is 24.0 Å². The lowest BCUT2D eigenvalue weighted by atomic mass is 10.1. The summed E-state index contributed by atoms with van der Waals surface area (Å²) in [4.78, 5) is 46.9. The number of imidazole rings is 1. The van der Waals surface area contributed by atoms with Crippen LogP contribution in [0.4, 0.5) is 10.7 Å². The molecule has 11 heteroatoms. The Kier molecular flexibility index (Phi) is 8.39. The van der Waals surface area contributed by atoms with Crippen LogP contribution in [0.2, 0.25) is 0 Å². The van der Waals surface area contributed by atoms with Crippen LogP contribution in [0.15, 0.2) is 64.2 Å². The molecule has 11 nitrogen and oxygen atoms in total. The first-order valence-electron chi connectivity index (χ1n) is 14.5. The Bertz CT molecular complexity index is 1790. The monoisotopic (exact) mass is 583 g/mol. The van der Waals surface area contributed by atoms with Gasteiger partial charge in [0.15, 0.2) is 11.2 Å². The fourth-order valence-corrected chi connectivity index (χ4v) is 5.52. The SMILES string of the molecule is Cn1c(=O)n(CCc2ccccc2)c(=O)c2c1nc(N1CCCC(NC(=O)OC(C)(C)C)C1)n2Cc1ccccc1C#N. The molecule has 0 saturated carbocycles. The minimum Gasteiger partial charge on any atom is -0.444 e. The summed E-state index contributed by atoms with van der Waals surface area (Å²) in [6.07, 6.45) is 1.57. The molecule has 0 radical (unpaired) electrons. The maximum absolute atomic E-state index is 14.1. The maximum atomic E-state index is 14.1. The third kappa shape index (κ3) is 6.48. The highest BCUT2D eigenvalue weighted by Crippen LogP contribution is 2.25. The second kappa shape index (κ2) is 12.2. The lowest BCUT2D eigenvalue weighted by Crippen LogP contribution is -2.49. The topological polar surface area (TPSA) is 127 Å². The smallest absolute Gasteiger partial charge is 0.407 e. The van der Waals surface area contributed by atoms with Crippen molar-refractivity contribution < 1.29 is 9.53 Å². The zero-order valence-electron chi connectivity index (χ0n) is 25.0. The summed E-state index contributed by atoms with van der Waals surface area (Å²) in [7, 11) is 1.62. The van der Waals surface area contributed by atoms with Crippen LogP contribution in [-0.2, 0) is 31.3 Å². The number of nitriles is 1. The number of alkyl carbamates (subject to hydrolysis) is 1. The molecule has 43 heavy (non-hydrogen) atoms. The Morgan fingerprint density at radius 3 is 2.53 bits per heavy atom. The van der Waals surface area contributed by atoms with Gasteiger partial charge in [0.1, 0.15) is 5.60 Å². The Hall–Kier alpha value is -4.85. The molecule has 5 rings (SSSR count). The van der Waals surface area contributed by atoms with E-state index in [0.29, 0.717) is 36.5 Å². The van der Waals surface area contributed by atoms with Gasteiger partial charge in [-0.1, -0.05) is 48.5 Å². The number of aryl methyl sites for hydroxylation is 2. The van der Waals surface area contributed by atoms with Crippen LogP contribution in [0.25, 0.3) is 11.2 Å². The first-order valence-corrected chi connectivity index (χ1v) is 14.5. The molecule has 2 aromatic carbocycles. The van der Waals surface area contributed by atoms with Crippen LogP contribution in [0.3, 0.4) is 0 Å². The summed E-state index contributed by atoms with van der Waals surface area (Å²) < 4.78 is 9.95. The molecule has 1 N–H and O–H groups in total. The molecule has 0 spiro atoms. The predicted molar refractivity (Wildman–Crippen MR) is 164 cm³/mol. The molecular formula is C32H37N7O4. The molecule has 2 aromatic heterocycles. The van der Waals surface area contributed by atoms with Crippen molar-refractivity contribution in [2.24, 2.45) is 7.05 Å². The van der Waals surface area contributed by atoms with Gasteiger partial charge in [0.25, 0.3) is 5.56 Å². The Balaban J connectivity index is 1.58. The molecule has 1 aliphatic rings. The van der Waals surface area contributed by atoms with Crippen molar-refractivity contribution in [2.45, 2.75) is 64.8 Å².